The molecule has 1 aliphatic rings. The van der Waals surface area contributed by atoms with E-state index in [4.69, 9.17) is 0 Å². The Balaban J connectivity index is 2.35. The van der Waals surface area contributed by atoms with Crippen molar-refractivity contribution in [2.45, 2.75) is 52.1 Å². The molecule has 0 aromatic carbocycles. The number of ketones is 1. The third-order valence-electron chi connectivity index (χ3n) is 3.18. The molecule has 1 aliphatic carbocycles. The zero-order valence-corrected chi connectivity index (χ0v) is 8.62. The first kappa shape index (κ1) is 10.7. The molecule has 0 heterocycles. The van der Waals surface area contributed by atoms with Gasteiger partial charge >= 0.3 is 0 Å². The van der Waals surface area contributed by atoms with E-state index in [1.165, 1.54) is 12.8 Å². The van der Waals surface area contributed by atoms with E-state index in [-0.39, 0.29) is 23.7 Å². The highest BCUT2D eigenvalue weighted by atomic mass is 16.3. The fourth-order valence-corrected chi connectivity index (χ4v) is 2.14. The number of aliphatic hydroxyl groups excluding tert-OH is 1. The number of carbonyl (C=O) groups is 1. The zero-order valence-electron chi connectivity index (χ0n) is 8.62. The van der Waals surface area contributed by atoms with Crippen LogP contribution in [0.2, 0.25) is 0 Å². The van der Waals surface area contributed by atoms with Gasteiger partial charge in [0.15, 0.2) is 0 Å². The van der Waals surface area contributed by atoms with Gasteiger partial charge < -0.3 is 5.11 Å². The van der Waals surface area contributed by atoms with Crippen molar-refractivity contribution in [3.05, 3.63) is 0 Å². The van der Waals surface area contributed by atoms with E-state index in [1.54, 1.807) is 0 Å². The summed E-state index contributed by atoms with van der Waals surface area (Å²) in [6.07, 6.45) is 4.51. The summed E-state index contributed by atoms with van der Waals surface area (Å²) in [6, 6.07) is 0. The minimum absolute atomic E-state index is 0.140. The van der Waals surface area contributed by atoms with Gasteiger partial charge in [-0.25, -0.2) is 0 Å². The van der Waals surface area contributed by atoms with E-state index in [1.807, 2.05) is 6.92 Å². The molecular formula is C11H20O2. The summed E-state index contributed by atoms with van der Waals surface area (Å²) in [5.41, 5.74) is 0. The molecule has 1 N–H and O–H groups in total. The van der Waals surface area contributed by atoms with Gasteiger partial charge in [-0.15, -0.1) is 0 Å². The van der Waals surface area contributed by atoms with Crippen molar-refractivity contribution >= 4 is 5.78 Å². The predicted molar refractivity (Wildman–Crippen MR) is 52.4 cm³/mol. The first-order valence-electron chi connectivity index (χ1n) is 5.37. The van der Waals surface area contributed by atoms with Crippen LogP contribution in [0.15, 0.2) is 0 Å². The second-order valence-corrected chi connectivity index (χ2v) is 4.20. The molecule has 76 valence electrons. The summed E-state index contributed by atoms with van der Waals surface area (Å²) >= 11 is 0. The van der Waals surface area contributed by atoms with Crippen LogP contribution < -0.4 is 0 Å². The van der Waals surface area contributed by atoms with E-state index >= 15 is 0 Å². The number of Topliss-reactive ketones (excluding diaryl/α,β-unsaturated/α-hetero) is 1. The van der Waals surface area contributed by atoms with E-state index < -0.39 is 0 Å². The predicted octanol–water partition coefficient (Wildman–Crippen LogP) is 2.15. The highest BCUT2D eigenvalue weighted by Gasteiger charge is 2.37. The molecule has 0 aromatic heterocycles. The van der Waals surface area contributed by atoms with Crippen molar-refractivity contribution in [2.24, 2.45) is 11.8 Å². The Labute approximate surface area is 80.3 Å². The summed E-state index contributed by atoms with van der Waals surface area (Å²) in [6.45, 7) is 4.15. The number of hydrogen-bond acceptors (Lipinski definition) is 2. The molecule has 3 atom stereocenters. The number of unbranched alkanes of at least 4 members (excludes halogenated alkanes) is 2. The van der Waals surface area contributed by atoms with Crippen LogP contribution in [-0.2, 0) is 4.79 Å². The molecule has 1 saturated carbocycles. The average Bonchev–Trinajstić information content (AvgIpc) is 2.32. The van der Waals surface area contributed by atoms with Crippen molar-refractivity contribution in [1.82, 2.24) is 0 Å². The number of hydrogen-bond donors (Lipinski definition) is 1. The minimum Gasteiger partial charge on any atom is -0.392 e. The van der Waals surface area contributed by atoms with Crippen molar-refractivity contribution in [3.8, 4) is 0 Å². The lowest BCUT2D eigenvalue weighted by Crippen LogP contribution is -2.16. The molecular weight excluding hydrogens is 164 g/mol. The van der Waals surface area contributed by atoms with Crippen LogP contribution in [0.4, 0.5) is 0 Å². The van der Waals surface area contributed by atoms with E-state index in [0.29, 0.717) is 6.42 Å². The van der Waals surface area contributed by atoms with Gasteiger partial charge in [0.05, 0.1) is 6.10 Å². The smallest absolute Gasteiger partial charge is 0.138 e. The van der Waals surface area contributed by atoms with E-state index in [0.717, 1.165) is 12.8 Å². The van der Waals surface area contributed by atoms with Gasteiger partial charge in [0.2, 0.25) is 0 Å². The molecule has 1 fully saturated rings. The maximum Gasteiger partial charge on any atom is 0.138 e. The molecule has 2 heteroatoms. The Morgan fingerprint density at radius 3 is 2.62 bits per heavy atom. The van der Waals surface area contributed by atoms with E-state index in [2.05, 4.69) is 6.92 Å². The summed E-state index contributed by atoms with van der Waals surface area (Å²) < 4.78 is 0. The third-order valence-corrected chi connectivity index (χ3v) is 3.18. The second-order valence-electron chi connectivity index (χ2n) is 4.20. The summed E-state index contributed by atoms with van der Waals surface area (Å²) in [7, 11) is 0. The fraction of sp³-hybridized carbons (Fsp3) is 0.909. The molecule has 1 rings (SSSR count). The maximum atomic E-state index is 11.4. The van der Waals surface area contributed by atoms with Crippen LogP contribution in [0, 0.1) is 11.8 Å². The quantitative estimate of drug-likeness (QED) is 0.680. The number of rotatable bonds is 4. The lowest BCUT2D eigenvalue weighted by molar-refractivity contribution is -0.121. The van der Waals surface area contributed by atoms with Crippen molar-refractivity contribution in [2.75, 3.05) is 0 Å². The van der Waals surface area contributed by atoms with Crippen LogP contribution in [0.5, 0.6) is 0 Å². The highest BCUT2D eigenvalue weighted by molar-refractivity contribution is 5.84. The van der Waals surface area contributed by atoms with Crippen LogP contribution in [-0.4, -0.2) is 17.0 Å². The highest BCUT2D eigenvalue weighted by Crippen LogP contribution is 2.32. The van der Waals surface area contributed by atoms with Crippen LogP contribution >= 0.6 is 0 Å². The minimum atomic E-state index is -0.376. The maximum absolute atomic E-state index is 11.4. The molecule has 2 nitrogen and oxygen atoms in total. The van der Waals surface area contributed by atoms with Gasteiger partial charge in [0, 0.05) is 12.3 Å². The van der Waals surface area contributed by atoms with Gasteiger partial charge in [0.1, 0.15) is 5.78 Å². The van der Waals surface area contributed by atoms with Crippen LogP contribution in [0.25, 0.3) is 0 Å². The van der Waals surface area contributed by atoms with Gasteiger partial charge in [-0.05, 0) is 12.3 Å². The number of aliphatic hydroxyl groups is 1. The van der Waals surface area contributed by atoms with Crippen molar-refractivity contribution in [1.29, 1.82) is 0 Å². The van der Waals surface area contributed by atoms with Crippen LogP contribution in [0.3, 0.4) is 0 Å². The van der Waals surface area contributed by atoms with Gasteiger partial charge in [-0.3, -0.25) is 4.79 Å². The Kier molecular flexibility index (Phi) is 3.91. The summed E-state index contributed by atoms with van der Waals surface area (Å²) in [5.74, 6) is 0.599. The summed E-state index contributed by atoms with van der Waals surface area (Å²) in [4.78, 5) is 11.4. The fourth-order valence-electron chi connectivity index (χ4n) is 2.14. The molecule has 0 aliphatic heterocycles. The molecule has 13 heavy (non-hydrogen) atoms. The van der Waals surface area contributed by atoms with Gasteiger partial charge in [-0.2, -0.15) is 0 Å². The largest absolute Gasteiger partial charge is 0.392 e. The van der Waals surface area contributed by atoms with Crippen molar-refractivity contribution < 1.29 is 9.90 Å². The second kappa shape index (κ2) is 4.75. The molecule has 0 spiro atoms. The Morgan fingerprint density at radius 2 is 2.15 bits per heavy atom. The average molecular weight is 184 g/mol. The normalized spacial score (nSPS) is 34.1. The Morgan fingerprint density at radius 1 is 1.46 bits per heavy atom. The number of carbonyl (C=O) groups excluding carboxylic acids is 1. The van der Waals surface area contributed by atoms with Gasteiger partial charge in [-0.1, -0.05) is 33.1 Å². The molecule has 0 bridgehead atoms. The lowest BCUT2D eigenvalue weighted by Gasteiger charge is -2.15. The monoisotopic (exact) mass is 184 g/mol. The van der Waals surface area contributed by atoms with Crippen LogP contribution in [0.1, 0.15) is 46.0 Å². The molecule has 0 amide bonds. The molecule has 0 radical (unpaired) electrons. The van der Waals surface area contributed by atoms with Crippen molar-refractivity contribution in [3.63, 3.8) is 0 Å². The Hall–Kier alpha value is -0.370. The van der Waals surface area contributed by atoms with E-state index in [9.17, 15) is 9.90 Å². The third kappa shape index (κ3) is 2.53. The molecule has 0 aromatic rings. The Bertz CT molecular complexity index is 177. The molecule has 3 unspecified atom stereocenters. The SMILES string of the molecule is CCCCCC1C(=O)CC(O)C1C. The topological polar surface area (TPSA) is 37.3 Å². The summed E-state index contributed by atoms with van der Waals surface area (Å²) in [5, 5.41) is 9.47. The van der Waals surface area contributed by atoms with Gasteiger partial charge in [0.25, 0.3) is 0 Å². The first-order valence-corrected chi connectivity index (χ1v) is 5.37. The lowest BCUT2D eigenvalue weighted by atomic mass is 9.91. The zero-order chi connectivity index (χ0) is 9.84. The molecule has 0 saturated heterocycles. The standard InChI is InChI=1S/C11H20O2/c1-3-4-5-6-9-8(2)10(12)7-11(9)13/h8-10,12H,3-7H2,1-2H3. The first-order chi connectivity index (χ1) is 6.16.